The number of aromatic nitrogens is 1. The number of nitrogens with zero attached hydrogens (tertiary/aromatic N) is 2. The standard InChI is InChI=1S/C30H35N5O3/c1-29(12-6-14-32-29)28(38)33-25(16-22-18-31-24-10-4-3-9-23(22)24)27(37)34-15-7-13-30(19-34)17-21-8-2-5-11-26(21)35(30)20-36/h2-5,8-11,18,20,25,31-32H,6-7,12-17,19H2,1H3,(H,33,38)/t25-,29?,30?/m1/s1. The van der Waals surface area contributed by atoms with Crippen molar-refractivity contribution < 1.29 is 14.4 Å². The van der Waals surface area contributed by atoms with Gasteiger partial charge in [0, 0.05) is 42.3 Å². The number of carbonyl (C=O) groups is 3. The van der Waals surface area contributed by atoms with Gasteiger partial charge in [-0.1, -0.05) is 36.4 Å². The molecule has 3 atom stereocenters. The number of H-pyrrole nitrogens is 1. The van der Waals surface area contributed by atoms with Crippen LogP contribution in [0.25, 0.3) is 10.9 Å². The number of anilines is 1. The largest absolute Gasteiger partial charge is 0.361 e. The fraction of sp³-hybridized carbons (Fsp3) is 0.433. The molecule has 0 radical (unpaired) electrons. The maximum atomic E-state index is 14.2. The molecule has 8 nitrogen and oxygen atoms in total. The molecule has 1 spiro atoms. The summed E-state index contributed by atoms with van der Waals surface area (Å²) in [4.78, 5) is 46.9. The predicted molar refractivity (Wildman–Crippen MR) is 147 cm³/mol. The van der Waals surface area contributed by atoms with Crippen molar-refractivity contribution in [3.05, 3.63) is 65.9 Å². The van der Waals surface area contributed by atoms with E-state index >= 15 is 0 Å². The van der Waals surface area contributed by atoms with Crippen LogP contribution < -0.4 is 15.5 Å². The molecule has 2 aromatic carbocycles. The van der Waals surface area contributed by atoms with Crippen molar-refractivity contribution in [1.82, 2.24) is 20.5 Å². The zero-order chi connectivity index (χ0) is 26.3. The van der Waals surface area contributed by atoms with Gasteiger partial charge in [-0.2, -0.15) is 0 Å². The SMILES string of the molecule is CC1(C(=O)N[C@H](Cc2c[nH]c3ccccc23)C(=O)N2CCCC3(Cc4ccccc4N3C=O)C2)CCCN1. The van der Waals surface area contributed by atoms with Gasteiger partial charge in [0.05, 0.1) is 11.1 Å². The Morgan fingerprint density at radius 1 is 1.11 bits per heavy atom. The molecule has 2 saturated heterocycles. The fourth-order valence-corrected chi connectivity index (χ4v) is 6.75. The van der Waals surface area contributed by atoms with Gasteiger partial charge in [0.1, 0.15) is 6.04 Å². The molecule has 3 N–H and O–H groups in total. The summed E-state index contributed by atoms with van der Waals surface area (Å²) >= 11 is 0. The molecule has 0 saturated carbocycles. The summed E-state index contributed by atoms with van der Waals surface area (Å²) in [5.74, 6) is -0.228. The molecular weight excluding hydrogens is 478 g/mol. The molecule has 38 heavy (non-hydrogen) atoms. The smallest absolute Gasteiger partial charge is 0.245 e. The monoisotopic (exact) mass is 513 g/mol. The maximum absolute atomic E-state index is 14.2. The van der Waals surface area contributed by atoms with E-state index in [1.807, 2.05) is 65.4 Å². The molecule has 1 aromatic heterocycles. The lowest BCUT2D eigenvalue weighted by Gasteiger charge is -2.45. The van der Waals surface area contributed by atoms with Crippen molar-refractivity contribution in [2.24, 2.45) is 0 Å². The number of hydrogen-bond donors (Lipinski definition) is 3. The molecule has 3 aliphatic heterocycles. The first kappa shape index (κ1) is 24.7. The van der Waals surface area contributed by atoms with E-state index in [0.29, 0.717) is 19.5 Å². The van der Waals surface area contributed by atoms with E-state index in [4.69, 9.17) is 0 Å². The molecule has 198 valence electrons. The molecule has 6 rings (SSSR count). The molecule has 3 aliphatic rings. The molecule has 0 bridgehead atoms. The second-order valence-corrected chi connectivity index (χ2v) is 11.3. The van der Waals surface area contributed by atoms with Gasteiger partial charge >= 0.3 is 0 Å². The van der Waals surface area contributed by atoms with Gasteiger partial charge in [-0.05, 0) is 68.8 Å². The van der Waals surface area contributed by atoms with E-state index in [-0.39, 0.29) is 11.8 Å². The van der Waals surface area contributed by atoms with Gasteiger partial charge in [0.2, 0.25) is 18.2 Å². The Morgan fingerprint density at radius 3 is 2.74 bits per heavy atom. The third-order valence-electron chi connectivity index (χ3n) is 8.83. The molecule has 4 heterocycles. The number of piperidine rings is 1. The van der Waals surface area contributed by atoms with Gasteiger partial charge in [0.25, 0.3) is 0 Å². The lowest BCUT2D eigenvalue weighted by Crippen LogP contribution is -2.63. The van der Waals surface area contributed by atoms with Gasteiger partial charge < -0.3 is 25.4 Å². The van der Waals surface area contributed by atoms with Crippen molar-refractivity contribution in [3.8, 4) is 0 Å². The first-order chi connectivity index (χ1) is 18.4. The minimum absolute atomic E-state index is 0.0916. The van der Waals surface area contributed by atoms with Gasteiger partial charge in [-0.3, -0.25) is 14.4 Å². The van der Waals surface area contributed by atoms with Gasteiger partial charge in [-0.15, -0.1) is 0 Å². The summed E-state index contributed by atoms with van der Waals surface area (Å²) in [6, 6.07) is 15.3. The molecule has 3 amide bonds. The second kappa shape index (κ2) is 9.58. The van der Waals surface area contributed by atoms with Crippen molar-refractivity contribution in [3.63, 3.8) is 0 Å². The van der Waals surface area contributed by atoms with Crippen LogP contribution in [0.3, 0.4) is 0 Å². The lowest BCUT2D eigenvalue weighted by molar-refractivity contribution is -0.139. The van der Waals surface area contributed by atoms with Crippen LogP contribution in [-0.4, -0.2) is 64.9 Å². The van der Waals surface area contributed by atoms with Crippen molar-refractivity contribution in [1.29, 1.82) is 0 Å². The minimum Gasteiger partial charge on any atom is -0.361 e. The Labute approximate surface area is 222 Å². The van der Waals surface area contributed by atoms with E-state index in [0.717, 1.165) is 72.8 Å². The zero-order valence-corrected chi connectivity index (χ0v) is 21.8. The Hall–Kier alpha value is -3.65. The number of likely N-dealkylation sites (tertiary alicyclic amines) is 1. The number of rotatable bonds is 6. The first-order valence-electron chi connectivity index (χ1n) is 13.6. The van der Waals surface area contributed by atoms with E-state index in [2.05, 4.69) is 21.7 Å². The van der Waals surface area contributed by atoms with Crippen LogP contribution in [0.2, 0.25) is 0 Å². The average Bonchev–Trinajstić information content (AvgIpc) is 3.63. The Balaban J connectivity index is 1.28. The highest BCUT2D eigenvalue weighted by Crippen LogP contribution is 2.42. The number of fused-ring (bicyclic) bond motifs is 2. The second-order valence-electron chi connectivity index (χ2n) is 11.3. The number of aromatic amines is 1. The highest BCUT2D eigenvalue weighted by molar-refractivity contribution is 5.93. The Morgan fingerprint density at radius 2 is 1.92 bits per heavy atom. The predicted octanol–water partition coefficient (Wildman–Crippen LogP) is 2.92. The molecular formula is C30H35N5O3. The third kappa shape index (κ3) is 4.17. The highest BCUT2D eigenvalue weighted by atomic mass is 16.2. The molecule has 8 heteroatoms. The van der Waals surface area contributed by atoms with Gasteiger partial charge in [-0.25, -0.2) is 0 Å². The summed E-state index contributed by atoms with van der Waals surface area (Å²) in [6.07, 6.45) is 7.29. The number of amides is 3. The van der Waals surface area contributed by atoms with Crippen LogP contribution in [0.5, 0.6) is 0 Å². The fourth-order valence-electron chi connectivity index (χ4n) is 6.75. The van der Waals surface area contributed by atoms with E-state index in [9.17, 15) is 14.4 Å². The van der Waals surface area contributed by atoms with Crippen LogP contribution in [0, 0.1) is 0 Å². The highest BCUT2D eigenvalue weighted by Gasteiger charge is 2.48. The molecule has 3 aromatic rings. The lowest BCUT2D eigenvalue weighted by atomic mass is 9.85. The van der Waals surface area contributed by atoms with Crippen LogP contribution in [0.1, 0.15) is 43.7 Å². The number of carbonyl (C=O) groups excluding carboxylic acids is 3. The van der Waals surface area contributed by atoms with Crippen LogP contribution in [0.15, 0.2) is 54.7 Å². The Bertz CT molecular complexity index is 1380. The maximum Gasteiger partial charge on any atom is 0.245 e. The summed E-state index contributed by atoms with van der Waals surface area (Å²) in [5.41, 5.74) is 2.94. The van der Waals surface area contributed by atoms with Gasteiger partial charge in [0.15, 0.2) is 0 Å². The van der Waals surface area contributed by atoms with Crippen molar-refractivity contribution >= 4 is 34.8 Å². The normalized spacial score (nSPS) is 25.5. The van der Waals surface area contributed by atoms with Crippen molar-refractivity contribution in [2.75, 3.05) is 24.5 Å². The summed E-state index contributed by atoms with van der Waals surface area (Å²) in [6.45, 7) is 3.77. The van der Waals surface area contributed by atoms with Crippen LogP contribution in [-0.2, 0) is 27.2 Å². The topological polar surface area (TPSA) is 97.5 Å². The number of hydrogen-bond acceptors (Lipinski definition) is 4. The van der Waals surface area contributed by atoms with Crippen LogP contribution >= 0.6 is 0 Å². The number of nitrogens with one attached hydrogen (secondary N) is 3. The van der Waals surface area contributed by atoms with Crippen molar-refractivity contribution in [2.45, 2.75) is 62.6 Å². The van der Waals surface area contributed by atoms with Crippen LogP contribution in [0.4, 0.5) is 5.69 Å². The van der Waals surface area contributed by atoms with E-state index < -0.39 is 17.1 Å². The molecule has 2 fully saturated rings. The molecule has 0 aliphatic carbocycles. The summed E-state index contributed by atoms with van der Waals surface area (Å²) < 4.78 is 0. The summed E-state index contributed by atoms with van der Waals surface area (Å²) in [5, 5.41) is 7.50. The number of para-hydroxylation sites is 2. The summed E-state index contributed by atoms with van der Waals surface area (Å²) in [7, 11) is 0. The third-order valence-corrected chi connectivity index (χ3v) is 8.83. The quantitative estimate of drug-likeness (QED) is 0.442. The first-order valence-corrected chi connectivity index (χ1v) is 13.6. The van der Waals surface area contributed by atoms with E-state index in [1.165, 1.54) is 0 Å². The Kier molecular flexibility index (Phi) is 6.22. The van der Waals surface area contributed by atoms with E-state index in [1.54, 1.807) is 0 Å². The zero-order valence-electron chi connectivity index (χ0n) is 21.8. The number of benzene rings is 2. The molecule has 2 unspecified atom stereocenters. The minimum atomic E-state index is -0.704. The average molecular weight is 514 g/mol.